The summed E-state index contributed by atoms with van der Waals surface area (Å²) in [6.07, 6.45) is 1.79. The predicted octanol–water partition coefficient (Wildman–Crippen LogP) is 2.04. The van der Waals surface area contributed by atoms with Crippen LogP contribution in [0.2, 0.25) is 0 Å². The number of fused-ring (bicyclic) bond motifs is 1. The van der Waals surface area contributed by atoms with Crippen LogP contribution in [0.25, 0.3) is 0 Å². The first-order valence-corrected chi connectivity index (χ1v) is 7.77. The van der Waals surface area contributed by atoms with Crippen LogP contribution in [0.3, 0.4) is 0 Å². The van der Waals surface area contributed by atoms with Crippen molar-refractivity contribution in [3.8, 4) is 0 Å². The number of nitrogens with zero attached hydrogens (tertiary/aromatic N) is 1. The van der Waals surface area contributed by atoms with Crippen LogP contribution in [0.1, 0.15) is 36.9 Å². The van der Waals surface area contributed by atoms with E-state index in [0.717, 1.165) is 24.9 Å². The van der Waals surface area contributed by atoms with E-state index in [0.29, 0.717) is 6.54 Å². The maximum Gasteiger partial charge on any atom is 0.233 e. The second-order valence-corrected chi connectivity index (χ2v) is 6.15. The molecule has 1 aliphatic carbocycles. The van der Waals surface area contributed by atoms with Crippen molar-refractivity contribution in [1.29, 1.82) is 0 Å². The van der Waals surface area contributed by atoms with Crippen molar-refractivity contribution in [3.05, 3.63) is 35.4 Å². The Bertz CT molecular complexity index is 532. The van der Waals surface area contributed by atoms with Crippen molar-refractivity contribution in [2.75, 3.05) is 13.1 Å². The molecule has 3 atom stereocenters. The molecule has 0 radical (unpaired) electrons. The number of piperidine rings is 1. The number of hydrogen-bond donors (Lipinski definition) is 1. The summed E-state index contributed by atoms with van der Waals surface area (Å²) >= 11 is 0. The molecule has 2 fully saturated rings. The minimum Gasteiger partial charge on any atom is -0.308 e. The number of hydrogen-bond acceptors (Lipinski definition) is 3. The summed E-state index contributed by atoms with van der Waals surface area (Å²) in [5.41, 5.74) is 2.35. The fraction of sp³-hybridized carbons (Fsp3) is 0.529. The molecule has 21 heavy (non-hydrogen) atoms. The van der Waals surface area contributed by atoms with Crippen molar-refractivity contribution < 1.29 is 9.59 Å². The van der Waals surface area contributed by atoms with Crippen LogP contribution in [-0.2, 0) is 9.59 Å². The van der Waals surface area contributed by atoms with Crippen LogP contribution in [0.5, 0.6) is 0 Å². The Morgan fingerprint density at radius 2 is 1.81 bits per heavy atom. The van der Waals surface area contributed by atoms with Crippen molar-refractivity contribution in [3.63, 3.8) is 0 Å². The first-order valence-electron chi connectivity index (χ1n) is 7.77. The van der Waals surface area contributed by atoms with Crippen LogP contribution in [-0.4, -0.2) is 29.8 Å². The van der Waals surface area contributed by atoms with Gasteiger partial charge in [0.05, 0.1) is 17.9 Å². The van der Waals surface area contributed by atoms with Crippen LogP contribution in [0.4, 0.5) is 0 Å². The molecule has 1 N–H and O–H groups in total. The van der Waals surface area contributed by atoms with E-state index in [1.807, 2.05) is 0 Å². The molecule has 1 saturated heterocycles. The summed E-state index contributed by atoms with van der Waals surface area (Å²) < 4.78 is 0. The van der Waals surface area contributed by atoms with Gasteiger partial charge in [0.15, 0.2) is 0 Å². The summed E-state index contributed by atoms with van der Waals surface area (Å²) in [6.45, 7) is 5.50. The topological polar surface area (TPSA) is 49.4 Å². The lowest BCUT2D eigenvalue weighted by Gasteiger charge is -2.25. The van der Waals surface area contributed by atoms with E-state index in [-0.39, 0.29) is 29.7 Å². The summed E-state index contributed by atoms with van der Waals surface area (Å²) in [6, 6.07) is 8.32. The summed E-state index contributed by atoms with van der Waals surface area (Å²) in [7, 11) is 0. The molecular formula is C17H22N2O2. The van der Waals surface area contributed by atoms with Gasteiger partial charge in [0, 0.05) is 6.54 Å². The van der Waals surface area contributed by atoms with E-state index in [4.69, 9.17) is 0 Å². The number of rotatable bonds is 6. The van der Waals surface area contributed by atoms with Crippen molar-refractivity contribution >= 4 is 11.8 Å². The maximum absolute atomic E-state index is 12.1. The molecule has 1 aromatic rings. The molecule has 1 aliphatic heterocycles. The number of likely N-dealkylation sites (tertiary alicyclic amines) is 1. The maximum atomic E-state index is 12.1. The van der Waals surface area contributed by atoms with E-state index < -0.39 is 0 Å². The molecular weight excluding hydrogens is 264 g/mol. The predicted molar refractivity (Wildman–Crippen MR) is 80.5 cm³/mol. The third kappa shape index (κ3) is 2.72. The summed E-state index contributed by atoms with van der Waals surface area (Å²) in [4.78, 5) is 25.7. The second-order valence-electron chi connectivity index (χ2n) is 6.15. The lowest BCUT2D eigenvalue weighted by atomic mass is 10.0. The fourth-order valence-electron chi connectivity index (χ4n) is 3.02. The minimum atomic E-state index is -0.0117. The standard InChI is InChI=1S/C17H22N2O2/c1-3-8-18-15(12-6-4-11(2)5-7-12)10-19-16(20)13-9-14(13)17(19)21/h4-7,13-15,18H,3,8-10H2,1-2H3. The van der Waals surface area contributed by atoms with Crippen molar-refractivity contribution in [2.45, 2.75) is 32.7 Å². The van der Waals surface area contributed by atoms with Gasteiger partial charge in [-0.2, -0.15) is 0 Å². The first-order chi connectivity index (χ1) is 10.1. The summed E-state index contributed by atoms with van der Waals surface area (Å²) in [5, 5.41) is 3.46. The van der Waals surface area contributed by atoms with E-state index in [1.54, 1.807) is 0 Å². The van der Waals surface area contributed by atoms with Crippen molar-refractivity contribution in [2.24, 2.45) is 11.8 Å². The molecule has 0 spiro atoms. The first kappa shape index (κ1) is 14.3. The average molecular weight is 286 g/mol. The average Bonchev–Trinajstić information content (AvgIpc) is 3.24. The van der Waals surface area contributed by atoms with Gasteiger partial charge in [0.25, 0.3) is 0 Å². The smallest absolute Gasteiger partial charge is 0.233 e. The molecule has 3 unspecified atom stereocenters. The van der Waals surface area contributed by atoms with E-state index in [2.05, 4.69) is 43.4 Å². The Hall–Kier alpha value is -1.68. The number of nitrogens with one attached hydrogen (secondary N) is 1. The molecule has 4 nitrogen and oxygen atoms in total. The molecule has 0 bridgehead atoms. The molecule has 1 aromatic carbocycles. The van der Waals surface area contributed by atoms with E-state index >= 15 is 0 Å². The highest BCUT2D eigenvalue weighted by Gasteiger charge is 2.58. The van der Waals surface area contributed by atoms with Crippen molar-refractivity contribution in [1.82, 2.24) is 10.2 Å². The Morgan fingerprint density at radius 1 is 1.19 bits per heavy atom. The highest BCUT2D eigenvalue weighted by atomic mass is 16.2. The minimum absolute atomic E-state index is 0.0117. The van der Waals surface area contributed by atoms with Gasteiger partial charge < -0.3 is 5.32 Å². The van der Waals surface area contributed by atoms with E-state index in [9.17, 15) is 9.59 Å². The number of benzene rings is 1. The Balaban J connectivity index is 1.74. The number of imide groups is 1. The zero-order valence-electron chi connectivity index (χ0n) is 12.6. The third-order valence-corrected chi connectivity index (χ3v) is 4.44. The van der Waals surface area contributed by atoms with E-state index in [1.165, 1.54) is 10.5 Å². The fourth-order valence-corrected chi connectivity index (χ4v) is 3.02. The number of carbonyl (C=O) groups is 2. The third-order valence-electron chi connectivity index (χ3n) is 4.44. The van der Waals surface area contributed by atoms with Crippen LogP contribution in [0.15, 0.2) is 24.3 Å². The zero-order valence-corrected chi connectivity index (χ0v) is 12.6. The summed E-state index contributed by atoms with van der Waals surface area (Å²) in [5.74, 6) is 0.0329. The highest BCUT2D eigenvalue weighted by molar-refractivity contribution is 6.08. The largest absolute Gasteiger partial charge is 0.308 e. The van der Waals surface area contributed by atoms with Gasteiger partial charge in [-0.25, -0.2) is 0 Å². The molecule has 2 aliphatic rings. The molecule has 3 rings (SSSR count). The van der Waals surface area contributed by atoms with Gasteiger partial charge in [-0.3, -0.25) is 14.5 Å². The molecule has 0 aromatic heterocycles. The number of aryl methyl sites for hydroxylation is 1. The van der Waals surface area contributed by atoms with Gasteiger partial charge in [0.1, 0.15) is 0 Å². The molecule has 1 heterocycles. The Labute approximate surface area is 125 Å². The van der Waals surface area contributed by atoms with Gasteiger partial charge in [-0.15, -0.1) is 0 Å². The van der Waals surface area contributed by atoms with Gasteiger partial charge in [-0.1, -0.05) is 36.8 Å². The molecule has 112 valence electrons. The Kier molecular flexibility index (Phi) is 3.81. The molecule has 2 amide bonds. The van der Waals surface area contributed by atoms with Gasteiger partial charge >= 0.3 is 0 Å². The lowest BCUT2D eigenvalue weighted by molar-refractivity contribution is -0.141. The Morgan fingerprint density at radius 3 is 2.38 bits per heavy atom. The lowest BCUT2D eigenvalue weighted by Crippen LogP contribution is -2.40. The number of amides is 2. The van der Waals surface area contributed by atoms with Crippen LogP contribution < -0.4 is 5.32 Å². The van der Waals surface area contributed by atoms with Crippen LogP contribution in [0, 0.1) is 18.8 Å². The van der Waals surface area contributed by atoms with Crippen LogP contribution >= 0.6 is 0 Å². The second kappa shape index (κ2) is 5.60. The highest BCUT2D eigenvalue weighted by Crippen LogP contribution is 2.47. The number of carbonyl (C=O) groups excluding carboxylic acids is 2. The molecule has 4 heteroatoms. The van der Waals surface area contributed by atoms with Gasteiger partial charge in [0.2, 0.25) is 11.8 Å². The quantitative estimate of drug-likeness (QED) is 0.814. The molecule has 1 saturated carbocycles. The normalized spacial score (nSPS) is 25.1. The monoisotopic (exact) mass is 286 g/mol. The SMILES string of the molecule is CCCNC(CN1C(=O)C2CC2C1=O)c1ccc(C)cc1. The zero-order chi connectivity index (χ0) is 15.0. The van der Waals surface area contributed by atoms with Gasteiger partial charge in [-0.05, 0) is 31.9 Å².